The molecule has 3 N–H and O–H groups in total. The Morgan fingerprint density at radius 1 is 1.24 bits per heavy atom. The zero-order chi connectivity index (χ0) is 15.6. The van der Waals surface area contributed by atoms with Crippen molar-refractivity contribution in [3.63, 3.8) is 0 Å². The third-order valence-electron chi connectivity index (χ3n) is 2.68. The molecule has 2 aromatic carbocycles. The Morgan fingerprint density at radius 3 is 2.62 bits per heavy atom. The van der Waals surface area contributed by atoms with Crippen molar-refractivity contribution in [1.29, 1.82) is 5.26 Å². The number of rotatable bonds is 2. The second-order valence-corrected chi connectivity index (χ2v) is 4.08. The average Bonchev–Trinajstić information content (AvgIpc) is 2.43. The molecule has 4 nitrogen and oxygen atoms in total. The van der Waals surface area contributed by atoms with Gasteiger partial charge in [0.05, 0.1) is 16.9 Å². The lowest BCUT2D eigenvalue weighted by Gasteiger charge is -2.09. The molecule has 2 rings (SSSR count). The van der Waals surface area contributed by atoms with Gasteiger partial charge in [0.15, 0.2) is 5.82 Å². The van der Waals surface area contributed by atoms with E-state index in [0.717, 1.165) is 12.1 Å². The van der Waals surface area contributed by atoms with Crippen LogP contribution in [0.4, 0.5) is 24.5 Å². The number of benzene rings is 2. The molecule has 2 aromatic rings. The number of nitrogens with two attached hydrogens (primary N) is 1. The van der Waals surface area contributed by atoms with Crippen LogP contribution in [0.2, 0.25) is 0 Å². The molecule has 0 saturated carbocycles. The van der Waals surface area contributed by atoms with E-state index in [4.69, 9.17) is 11.0 Å². The molecule has 0 aliphatic carbocycles. The normalized spacial score (nSPS) is 10.0. The van der Waals surface area contributed by atoms with Crippen LogP contribution < -0.4 is 11.1 Å². The highest BCUT2D eigenvalue weighted by atomic mass is 19.1. The highest BCUT2D eigenvalue weighted by molar-refractivity contribution is 6.05. The molecule has 0 atom stereocenters. The van der Waals surface area contributed by atoms with Gasteiger partial charge in [-0.25, -0.2) is 13.2 Å². The Bertz CT molecular complexity index is 769. The van der Waals surface area contributed by atoms with E-state index in [-0.39, 0.29) is 5.69 Å². The lowest BCUT2D eigenvalue weighted by molar-refractivity contribution is 0.102. The summed E-state index contributed by atoms with van der Waals surface area (Å²) in [5.74, 6) is -3.86. The van der Waals surface area contributed by atoms with Crippen LogP contribution in [0.1, 0.15) is 15.9 Å². The van der Waals surface area contributed by atoms with Gasteiger partial charge >= 0.3 is 0 Å². The third kappa shape index (κ3) is 2.79. The number of halogens is 3. The topological polar surface area (TPSA) is 78.9 Å². The Hall–Kier alpha value is -3.01. The largest absolute Gasteiger partial charge is 0.396 e. The maximum atomic E-state index is 13.7. The van der Waals surface area contributed by atoms with Crippen molar-refractivity contribution in [2.45, 2.75) is 0 Å². The van der Waals surface area contributed by atoms with Gasteiger partial charge < -0.3 is 11.1 Å². The molecule has 0 aliphatic heterocycles. The zero-order valence-electron chi connectivity index (χ0n) is 10.5. The number of hydrogen-bond acceptors (Lipinski definition) is 3. The molecule has 106 valence electrons. The fraction of sp³-hybridized carbons (Fsp3) is 0. The first-order valence-corrected chi connectivity index (χ1v) is 5.68. The van der Waals surface area contributed by atoms with Crippen LogP contribution in [-0.4, -0.2) is 5.91 Å². The van der Waals surface area contributed by atoms with E-state index in [0.29, 0.717) is 6.07 Å². The second-order valence-electron chi connectivity index (χ2n) is 4.08. The van der Waals surface area contributed by atoms with Crippen LogP contribution in [0.15, 0.2) is 30.3 Å². The quantitative estimate of drug-likeness (QED) is 0.835. The van der Waals surface area contributed by atoms with Crippen molar-refractivity contribution in [2.24, 2.45) is 0 Å². The number of anilines is 2. The predicted molar refractivity (Wildman–Crippen MR) is 69.8 cm³/mol. The highest BCUT2D eigenvalue weighted by Crippen LogP contribution is 2.21. The third-order valence-corrected chi connectivity index (χ3v) is 2.68. The van der Waals surface area contributed by atoms with Crippen molar-refractivity contribution in [3.8, 4) is 6.07 Å². The molecule has 0 spiro atoms. The first kappa shape index (κ1) is 14.4. The number of nitrogens with zero attached hydrogens (tertiary/aromatic N) is 1. The van der Waals surface area contributed by atoms with Gasteiger partial charge in [-0.3, -0.25) is 4.79 Å². The molecule has 0 bridgehead atoms. The summed E-state index contributed by atoms with van der Waals surface area (Å²) in [7, 11) is 0. The number of nitrogens with one attached hydrogen (secondary N) is 1. The van der Waals surface area contributed by atoms with Crippen LogP contribution in [0.5, 0.6) is 0 Å². The van der Waals surface area contributed by atoms with Crippen molar-refractivity contribution in [2.75, 3.05) is 11.1 Å². The summed E-state index contributed by atoms with van der Waals surface area (Å²) in [4.78, 5) is 11.9. The van der Waals surface area contributed by atoms with Crippen LogP contribution >= 0.6 is 0 Å². The van der Waals surface area contributed by atoms with Gasteiger partial charge in [0.2, 0.25) is 0 Å². The number of hydrogen-bond donors (Lipinski definition) is 2. The number of nitriles is 1. The Balaban J connectivity index is 2.40. The standard InChI is InChI=1S/C14H8F3N3O/c15-7-4-8(13(17)11(19)5-7)14(21)20-12-3-1-2-10(16)9(12)6-18/h1-5H,19H2,(H,20,21). The molecule has 0 fully saturated rings. The monoisotopic (exact) mass is 291 g/mol. The fourth-order valence-electron chi connectivity index (χ4n) is 1.71. The molecule has 0 aromatic heterocycles. The summed E-state index contributed by atoms with van der Waals surface area (Å²) in [6.45, 7) is 0. The number of carbonyl (C=O) groups is 1. The van der Waals surface area contributed by atoms with Gasteiger partial charge in [-0.2, -0.15) is 5.26 Å². The molecule has 7 heteroatoms. The highest BCUT2D eigenvalue weighted by Gasteiger charge is 2.18. The molecular weight excluding hydrogens is 283 g/mol. The van der Waals surface area contributed by atoms with E-state index < -0.39 is 40.2 Å². The van der Waals surface area contributed by atoms with Crippen LogP contribution in [-0.2, 0) is 0 Å². The Labute approximate surface area is 117 Å². The van der Waals surface area contributed by atoms with Gasteiger partial charge in [-0.05, 0) is 24.3 Å². The Morgan fingerprint density at radius 2 is 1.95 bits per heavy atom. The summed E-state index contributed by atoms with van der Waals surface area (Å²) in [6, 6.07) is 6.53. The smallest absolute Gasteiger partial charge is 0.258 e. The minimum Gasteiger partial charge on any atom is -0.396 e. The van der Waals surface area contributed by atoms with E-state index in [1.54, 1.807) is 6.07 Å². The van der Waals surface area contributed by atoms with Crippen LogP contribution in [0.3, 0.4) is 0 Å². The molecule has 21 heavy (non-hydrogen) atoms. The summed E-state index contributed by atoms with van der Waals surface area (Å²) >= 11 is 0. The van der Waals surface area contributed by atoms with E-state index in [1.807, 2.05) is 0 Å². The molecule has 0 unspecified atom stereocenters. The minimum absolute atomic E-state index is 0.148. The molecule has 0 saturated heterocycles. The minimum atomic E-state index is -1.09. The molecule has 0 heterocycles. The number of nitrogen functional groups attached to an aromatic ring is 1. The number of carbonyl (C=O) groups excluding carboxylic acids is 1. The van der Waals surface area contributed by atoms with Crippen molar-refractivity contribution in [3.05, 3.63) is 58.9 Å². The van der Waals surface area contributed by atoms with Crippen molar-refractivity contribution in [1.82, 2.24) is 0 Å². The van der Waals surface area contributed by atoms with E-state index in [1.165, 1.54) is 12.1 Å². The van der Waals surface area contributed by atoms with E-state index >= 15 is 0 Å². The Kier molecular flexibility index (Phi) is 3.80. The zero-order valence-corrected chi connectivity index (χ0v) is 10.5. The maximum Gasteiger partial charge on any atom is 0.258 e. The fourth-order valence-corrected chi connectivity index (χ4v) is 1.71. The lowest BCUT2D eigenvalue weighted by Crippen LogP contribution is -2.16. The summed E-state index contributed by atoms with van der Waals surface area (Å²) in [6.07, 6.45) is 0. The first-order chi connectivity index (χ1) is 9.93. The lowest BCUT2D eigenvalue weighted by atomic mass is 10.1. The predicted octanol–water partition coefficient (Wildman–Crippen LogP) is 2.81. The summed E-state index contributed by atoms with van der Waals surface area (Å²) in [5.41, 5.74) is 3.50. The van der Waals surface area contributed by atoms with Crippen molar-refractivity contribution < 1.29 is 18.0 Å². The second kappa shape index (κ2) is 5.54. The van der Waals surface area contributed by atoms with Gasteiger partial charge in [0, 0.05) is 0 Å². The summed E-state index contributed by atoms with van der Waals surface area (Å²) in [5, 5.41) is 11.0. The molecule has 0 radical (unpaired) electrons. The maximum absolute atomic E-state index is 13.7. The van der Waals surface area contributed by atoms with E-state index in [2.05, 4.69) is 5.32 Å². The van der Waals surface area contributed by atoms with Gasteiger partial charge in [-0.15, -0.1) is 0 Å². The van der Waals surface area contributed by atoms with Crippen LogP contribution in [0, 0.1) is 28.8 Å². The number of amides is 1. The first-order valence-electron chi connectivity index (χ1n) is 5.68. The molecule has 1 amide bonds. The van der Waals surface area contributed by atoms with Gasteiger partial charge in [0.1, 0.15) is 23.3 Å². The van der Waals surface area contributed by atoms with E-state index in [9.17, 15) is 18.0 Å². The molecule has 0 aliphatic rings. The van der Waals surface area contributed by atoms with Crippen LogP contribution in [0.25, 0.3) is 0 Å². The van der Waals surface area contributed by atoms with Gasteiger partial charge in [0.25, 0.3) is 5.91 Å². The van der Waals surface area contributed by atoms with Gasteiger partial charge in [-0.1, -0.05) is 6.07 Å². The summed E-state index contributed by atoms with van der Waals surface area (Å²) < 4.78 is 40.3. The average molecular weight is 291 g/mol. The molecular formula is C14H8F3N3O. The SMILES string of the molecule is N#Cc1c(F)cccc1NC(=O)c1cc(F)cc(N)c1F. The van der Waals surface area contributed by atoms with Crippen molar-refractivity contribution >= 4 is 17.3 Å².